The molecule has 0 amide bonds. The van der Waals surface area contributed by atoms with Crippen LogP contribution in [-0.2, 0) is 0 Å². The second kappa shape index (κ2) is 5.78. The van der Waals surface area contributed by atoms with E-state index in [0.717, 1.165) is 22.1 Å². The zero-order valence-electron chi connectivity index (χ0n) is 11.6. The summed E-state index contributed by atoms with van der Waals surface area (Å²) in [4.78, 5) is 4.70. The molecule has 0 aliphatic heterocycles. The third kappa shape index (κ3) is 2.44. The Kier molecular flexibility index (Phi) is 4.21. The maximum atomic E-state index is 6.35. The van der Waals surface area contributed by atoms with Crippen LogP contribution in [0.5, 0.6) is 0 Å². The second-order valence-electron chi connectivity index (χ2n) is 5.39. The predicted molar refractivity (Wildman–Crippen MR) is 89.2 cm³/mol. The van der Waals surface area contributed by atoms with Gasteiger partial charge < -0.3 is 4.57 Å². The highest BCUT2D eigenvalue weighted by Gasteiger charge is 2.29. The van der Waals surface area contributed by atoms with Crippen LogP contribution in [0.2, 0.25) is 5.02 Å². The monoisotopic (exact) mass is 328 g/mol. The minimum Gasteiger partial charge on any atom is -0.324 e. The summed E-state index contributed by atoms with van der Waals surface area (Å²) in [6.07, 6.45) is 5.85. The summed E-state index contributed by atoms with van der Waals surface area (Å²) in [5.41, 5.74) is 2.00. The highest BCUT2D eigenvalue weighted by atomic mass is 35.5. The van der Waals surface area contributed by atoms with Gasteiger partial charge in [0.25, 0.3) is 0 Å². The van der Waals surface area contributed by atoms with Crippen molar-refractivity contribution < 1.29 is 0 Å². The summed E-state index contributed by atoms with van der Waals surface area (Å²) < 4.78 is 2.33. The first-order valence-corrected chi connectivity index (χ1v) is 9.05. The topological polar surface area (TPSA) is 17.8 Å². The van der Waals surface area contributed by atoms with Gasteiger partial charge in [-0.25, -0.2) is 4.98 Å². The number of fused-ring (bicyclic) bond motifs is 1. The molecule has 1 aliphatic rings. The summed E-state index contributed by atoms with van der Waals surface area (Å²) in [6, 6.07) is 6.48. The maximum Gasteiger partial charge on any atom is 0.128 e. The zero-order valence-corrected chi connectivity index (χ0v) is 14.0. The molecule has 5 heteroatoms. The van der Waals surface area contributed by atoms with E-state index in [0.29, 0.717) is 11.1 Å². The first-order chi connectivity index (χ1) is 9.61. The molecule has 0 spiro atoms. The number of hydrogen-bond acceptors (Lipinski definition) is 2. The van der Waals surface area contributed by atoms with Gasteiger partial charge in [-0.15, -0.1) is 11.6 Å². The van der Waals surface area contributed by atoms with Crippen LogP contribution in [-0.4, -0.2) is 21.1 Å². The van der Waals surface area contributed by atoms with Crippen LogP contribution in [0.15, 0.2) is 18.2 Å². The summed E-state index contributed by atoms with van der Waals surface area (Å²) in [5, 5.41) is 1.35. The fourth-order valence-electron chi connectivity index (χ4n) is 3.13. The van der Waals surface area contributed by atoms with E-state index in [1.165, 1.54) is 19.3 Å². The molecule has 1 fully saturated rings. The molecule has 1 saturated carbocycles. The summed E-state index contributed by atoms with van der Waals surface area (Å²) in [7, 11) is 0. The minimum atomic E-state index is -0.105. The largest absolute Gasteiger partial charge is 0.324 e. The Balaban J connectivity index is 2.13. The van der Waals surface area contributed by atoms with Crippen molar-refractivity contribution in [2.75, 3.05) is 6.26 Å². The van der Waals surface area contributed by atoms with Crippen LogP contribution in [0.3, 0.4) is 0 Å². The molecule has 0 bridgehead atoms. The average Bonchev–Trinajstić information content (AvgIpc) is 3.02. The van der Waals surface area contributed by atoms with Gasteiger partial charge in [0.05, 0.1) is 15.9 Å². The van der Waals surface area contributed by atoms with Gasteiger partial charge in [0, 0.05) is 11.3 Å². The number of halogens is 2. The van der Waals surface area contributed by atoms with Crippen LogP contribution >= 0.6 is 35.0 Å². The first-order valence-electron chi connectivity index (χ1n) is 6.95. The fraction of sp³-hybridized carbons (Fsp3) is 0.533. The number of nitrogens with zero attached hydrogens (tertiary/aromatic N) is 2. The second-order valence-corrected chi connectivity index (χ2v) is 7.59. The van der Waals surface area contributed by atoms with Gasteiger partial charge in [-0.2, -0.15) is 11.8 Å². The van der Waals surface area contributed by atoms with Gasteiger partial charge in [-0.1, -0.05) is 17.7 Å². The molecule has 1 aromatic carbocycles. The van der Waals surface area contributed by atoms with E-state index in [-0.39, 0.29) is 5.38 Å². The van der Waals surface area contributed by atoms with Gasteiger partial charge in [0.1, 0.15) is 11.3 Å². The number of thioether (sulfide) groups is 1. The lowest BCUT2D eigenvalue weighted by Gasteiger charge is -2.18. The highest BCUT2D eigenvalue weighted by molar-refractivity contribution is 7.99. The predicted octanol–water partition coefficient (Wildman–Crippen LogP) is 5.45. The number of imidazole rings is 1. The molecule has 108 valence electrons. The first kappa shape index (κ1) is 14.6. The van der Waals surface area contributed by atoms with Crippen LogP contribution in [0, 0.1) is 0 Å². The highest BCUT2D eigenvalue weighted by Crippen LogP contribution is 2.40. The van der Waals surface area contributed by atoms with Crippen LogP contribution < -0.4 is 0 Å². The van der Waals surface area contributed by atoms with E-state index >= 15 is 0 Å². The maximum absolute atomic E-state index is 6.35. The Bertz CT molecular complexity index is 624. The molecular formula is C15H18Cl2N2S. The lowest BCUT2D eigenvalue weighted by atomic mass is 10.2. The molecule has 1 aromatic heterocycles. The number of para-hydroxylation sites is 1. The van der Waals surface area contributed by atoms with Crippen molar-refractivity contribution in [1.29, 1.82) is 0 Å². The van der Waals surface area contributed by atoms with Crippen LogP contribution in [0.25, 0.3) is 11.0 Å². The van der Waals surface area contributed by atoms with Crippen LogP contribution in [0.1, 0.15) is 43.4 Å². The van der Waals surface area contributed by atoms with Gasteiger partial charge in [0.15, 0.2) is 0 Å². The third-order valence-electron chi connectivity index (χ3n) is 4.11. The smallest absolute Gasteiger partial charge is 0.128 e. The molecule has 20 heavy (non-hydrogen) atoms. The van der Waals surface area contributed by atoms with Crippen molar-refractivity contribution in [2.24, 2.45) is 0 Å². The Labute approximate surface area is 133 Å². The summed E-state index contributed by atoms with van der Waals surface area (Å²) >= 11 is 14.6. The molecule has 0 radical (unpaired) electrons. The molecule has 3 unspecified atom stereocenters. The van der Waals surface area contributed by atoms with E-state index in [1.54, 1.807) is 0 Å². The molecule has 1 aliphatic carbocycles. The number of alkyl halides is 1. The van der Waals surface area contributed by atoms with Gasteiger partial charge in [-0.05, 0) is 44.6 Å². The minimum absolute atomic E-state index is 0.105. The molecule has 1 heterocycles. The molecule has 2 nitrogen and oxygen atoms in total. The Morgan fingerprint density at radius 2 is 2.20 bits per heavy atom. The molecular weight excluding hydrogens is 311 g/mol. The Hall–Kier alpha value is -0.380. The standard InChI is InChI=1S/C15H18Cl2N2S/c1-9(16)15-18-14-12(17)4-3-5-13(14)19(15)10-6-7-11(8-10)20-2/h3-5,9-11H,6-8H2,1-2H3. The zero-order chi connectivity index (χ0) is 14.3. The summed E-state index contributed by atoms with van der Waals surface area (Å²) in [5.74, 6) is 0.946. The quantitative estimate of drug-likeness (QED) is 0.697. The van der Waals surface area contributed by atoms with Gasteiger partial charge in [0.2, 0.25) is 0 Å². The molecule has 0 N–H and O–H groups in total. The van der Waals surface area contributed by atoms with Crippen molar-refractivity contribution in [3.05, 3.63) is 29.0 Å². The number of benzene rings is 1. The lowest BCUT2D eigenvalue weighted by molar-refractivity contribution is 0.511. The number of hydrogen-bond donors (Lipinski definition) is 0. The van der Waals surface area contributed by atoms with Crippen LogP contribution in [0.4, 0.5) is 0 Å². The number of rotatable bonds is 3. The van der Waals surface area contributed by atoms with Crippen molar-refractivity contribution in [1.82, 2.24) is 9.55 Å². The van der Waals surface area contributed by atoms with E-state index in [2.05, 4.69) is 16.9 Å². The van der Waals surface area contributed by atoms with Gasteiger partial charge in [-0.3, -0.25) is 0 Å². The molecule has 3 rings (SSSR count). The van der Waals surface area contributed by atoms with Crippen molar-refractivity contribution in [3.8, 4) is 0 Å². The van der Waals surface area contributed by atoms with E-state index < -0.39 is 0 Å². The summed E-state index contributed by atoms with van der Waals surface area (Å²) in [6.45, 7) is 1.98. The number of aromatic nitrogens is 2. The Morgan fingerprint density at radius 3 is 2.85 bits per heavy atom. The van der Waals surface area contributed by atoms with E-state index in [4.69, 9.17) is 28.2 Å². The molecule has 2 aromatic rings. The normalized spacial score (nSPS) is 24.4. The van der Waals surface area contributed by atoms with E-state index in [1.807, 2.05) is 30.8 Å². The lowest BCUT2D eigenvalue weighted by Crippen LogP contribution is -2.10. The van der Waals surface area contributed by atoms with E-state index in [9.17, 15) is 0 Å². The van der Waals surface area contributed by atoms with Crippen molar-refractivity contribution >= 4 is 46.0 Å². The third-order valence-corrected chi connectivity index (χ3v) is 5.70. The SMILES string of the molecule is CSC1CCC(n2c(C(C)Cl)nc3c(Cl)cccc32)C1. The molecule has 3 atom stereocenters. The average molecular weight is 329 g/mol. The fourth-order valence-corrected chi connectivity index (χ4v) is 4.28. The van der Waals surface area contributed by atoms with Gasteiger partial charge >= 0.3 is 0 Å². The van der Waals surface area contributed by atoms with Crippen molar-refractivity contribution in [3.63, 3.8) is 0 Å². The van der Waals surface area contributed by atoms with Crippen molar-refractivity contribution in [2.45, 2.75) is 42.9 Å². The Morgan fingerprint density at radius 1 is 1.40 bits per heavy atom. The molecule has 0 saturated heterocycles.